The first kappa shape index (κ1) is 22.9. The average Bonchev–Trinajstić information content (AvgIpc) is 2.58. The van der Waals surface area contributed by atoms with E-state index in [1.807, 2.05) is 60.6 Å². The molecule has 2 aromatic rings. The Kier molecular flexibility index (Phi) is 6.19. The molecule has 0 aliphatic heterocycles. The Morgan fingerprint density at radius 1 is 0.931 bits per heavy atom. The van der Waals surface area contributed by atoms with Crippen LogP contribution < -0.4 is 0 Å². The number of phenolic OH excluding ortho intramolecular Hbond substituents is 1. The Hall–Kier alpha value is -2.34. The molecule has 0 spiro atoms. The van der Waals surface area contributed by atoms with Gasteiger partial charge in [-0.15, -0.1) is 0 Å². The number of hydrogen-bond acceptors (Lipinski definition) is 4. The summed E-state index contributed by atoms with van der Waals surface area (Å²) in [6, 6.07) is 10.4. The fourth-order valence-electron chi connectivity index (χ4n) is 2.95. The molecule has 0 atom stereocenters. The molecule has 0 saturated carbocycles. The number of sulfonamides is 1. The second kappa shape index (κ2) is 7.82. The summed E-state index contributed by atoms with van der Waals surface area (Å²) in [5.74, 6) is 0.280. The third kappa shape index (κ3) is 5.18. The quantitative estimate of drug-likeness (QED) is 0.566. The molecule has 2 rings (SSSR count). The third-order valence-electron chi connectivity index (χ3n) is 4.78. The standard InChI is InChI=1S/C23H32N2O3S/c1-16-9-11-18(12-10-16)29(27,28)25(8)24-15-17-13-19(22(2,3)4)21(26)20(14-17)23(5,6)7/h9-15,26H,1-8H3/b24-15-. The minimum absolute atomic E-state index is 0.194. The Morgan fingerprint density at radius 3 is 1.79 bits per heavy atom. The van der Waals surface area contributed by atoms with Crippen molar-refractivity contribution in [2.45, 2.75) is 64.2 Å². The van der Waals surface area contributed by atoms with Gasteiger partial charge in [-0.3, -0.25) is 0 Å². The molecule has 1 N–H and O–H groups in total. The molecule has 0 heterocycles. The molecular weight excluding hydrogens is 384 g/mol. The van der Waals surface area contributed by atoms with Crippen molar-refractivity contribution in [3.63, 3.8) is 0 Å². The number of phenols is 1. The summed E-state index contributed by atoms with van der Waals surface area (Å²) in [4.78, 5) is 0.194. The van der Waals surface area contributed by atoms with Gasteiger partial charge < -0.3 is 5.11 Å². The van der Waals surface area contributed by atoms with Gasteiger partial charge >= 0.3 is 0 Å². The Morgan fingerprint density at radius 2 is 1.38 bits per heavy atom. The molecule has 0 bridgehead atoms. The van der Waals surface area contributed by atoms with Crippen LogP contribution in [-0.2, 0) is 20.9 Å². The Bertz CT molecular complexity index is 975. The maximum atomic E-state index is 12.7. The topological polar surface area (TPSA) is 70.0 Å². The number of hydrazone groups is 1. The Labute approximate surface area is 175 Å². The van der Waals surface area contributed by atoms with Gasteiger partial charge in [0.2, 0.25) is 0 Å². The Balaban J connectivity index is 2.47. The zero-order valence-corrected chi connectivity index (χ0v) is 19.4. The average molecular weight is 417 g/mol. The van der Waals surface area contributed by atoms with Crippen LogP contribution in [0.2, 0.25) is 0 Å². The maximum absolute atomic E-state index is 12.7. The van der Waals surface area contributed by atoms with Gasteiger partial charge in [-0.2, -0.15) is 17.9 Å². The maximum Gasteiger partial charge on any atom is 0.278 e. The van der Waals surface area contributed by atoms with Gasteiger partial charge in [0.1, 0.15) is 5.75 Å². The number of hydrogen-bond donors (Lipinski definition) is 1. The summed E-state index contributed by atoms with van der Waals surface area (Å²) in [5, 5.41) is 15.0. The van der Waals surface area contributed by atoms with Crippen LogP contribution in [0.15, 0.2) is 46.4 Å². The fourth-order valence-corrected chi connectivity index (χ4v) is 3.90. The van der Waals surface area contributed by atoms with E-state index in [4.69, 9.17) is 0 Å². The number of aromatic hydroxyl groups is 1. The van der Waals surface area contributed by atoms with Crippen LogP contribution in [0.3, 0.4) is 0 Å². The van der Waals surface area contributed by atoms with Crippen LogP contribution in [0.25, 0.3) is 0 Å². The molecule has 0 saturated heterocycles. The molecule has 2 aromatic carbocycles. The first-order valence-corrected chi connectivity index (χ1v) is 11.1. The smallest absolute Gasteiger partial charge is 0.278 e. The van der Waals surface area contributed by atoms with Crippen molar-refractivity contribution in [1.82, 2.24) is 4.41 Å². The fraction of sp³-hybridized carbons (Fsp3) is 0.435. The highest BCUT2D eigenvalue weighted by Crippen LogP contribution is 2.39. The van der Waals surface area contributed by atoms with Gasteiger partial charge in [0.15, 0.2) is 0 Å². The normalized spacial score (nSPS) is 13.1. The summed E-state index contributed by atoms with van der Waals surface area (Å²) in [7, 11) is -2.31. The molecule has 29 heavy (non-hydrogen) atoms. The van der Waals surface area contributed by atoms with Gasteiger partial charge in [0.05, 0.1) is 11.1 Å². The van der Waals surface area contributed by atoms with Crippen molar-refractivity contribution in [1.29, 1.82) is 0 Å². The lowest BCUT2D eigenvalue weighted by Crippen LogP contribution is -2.22. The van der Waals surface area contributed by atoms with Crippen molar-refractivity contribution in [2.75, 3.05) is 7.05 Å². The SMILES string of the molecule is Cc1ccc(S(=O)(=O)N(C)/N=C\c2cc(C(C)(C)C)c(O)c(C(C)(C)C)c2)cc1. The highest BCUT2D eigenvalue weighted by atomic mass is 32.2. The minimum Gasteiger partial charge on any atom is -0.507 e. The lowest BCUT2D eigenvalue weighted by Gasteiger charge is -2.27. The molecule has 6 heteroatoms. The monoisotopic (exact) mass is 416 g/mol. The minimum atomic E-state index is -3.73. The molecule has 158 valence electrons. The van der Waals surface area contributed by atoms with E-state index < -0.39 is 10.0 Å². The van der Waals surface area contributed by atoms with Crippen LogP contribution in [0, 0.1) is 6.92 Å². The van der Waals surface area contributed by atoms with Gasteiger partial charge in [-0.05, 0) is 47.6 Å². The molecule has 0 aromatic heterocycles. The van der Waals surface area contributed by atoms with E-state index in [1.54, 1.807) is 24.3 Å². The molecule has 0 fully saturated rings. The predicted octanol–water partition coefficient (Wildman–Crippen LogP) is 4.95. The van der Waals surface area contributed by atoms with Crippen LogP contribution in [0.1, 0.15) is 63.8 Å². The van der Waals surface area contributed by atoms with Crippen molar-refractivity contribution in [2.24, 2.45) is 5.10 Å². The van der Waals surface area contributed by atoms with Gasteiger partial charge in [0.25, 0.3) is 10.0 Å². The van der Waals surface area contributed by atoms with E-state index in [9.17, 15) is 13.5 Å². The molecule has 0 aliphatic carbocycles. The second-order valence-electron chi connectivity index (χ2n) is 9.46. The highest BCUT2D eigenvalue weighted by Gasteiger charge is 2.26. The summed E-state index contributed by atoms with van der Waals surface area (Å²) < 4.78 is 26.5. The van der Waals surface area contributed by atoms with E-state index in [1.165, 1.54) is 13.3 Å². The largest absolute Gasteiger partial charge is 0.507 e. The van der Waals surface area contributed by atoms with Crippen molar-refractivity contribution < 1.29 is 13.5 Å². The van der Waals surface area contributed by atoms with Gasteiger partial charge in [-0.1, -0.05) is 59.2 Å². The van der Waals surface area contributed by atoms with E-state index in [0.717, 1.165) is 26.7 Å². The van der Waals surface area contributed by atoms with E-state index >= 15 is 0 Å². The molecule has 0 unspecified atom stereocenters. The summed E-state index contributed by atoms with van der Waals surface area (Å²) >= 11 is 0. The molecule has 5 nitrogen and oxygen atoms in total. The third-order valence-corrected chi connectivity index (χ3v) is 6.44. The molecular formula is C23H32N2O3S. The summed E-state index contributed by atoms with van der Waals surface area (Å²) in [6.07, 6.45) is 1.52. The first-order chi connectivity index (χ1) is 13.1. The number of rotatable bonds is 4. The van der Waals surface area contributed by atoms with Crippen molar-refractivity contribution >= 4 is 16.2 Å². The number of nitrogens with zero attached hydrogens (tertiary/aromatic N) is 2. The predicted molar refractivity (Wildman–Crippen MR) is 119 cm³/mol. The zero-order valence-electron chi connectivity index (χ0n) is 18.6. The van der Waals surface area contributed by atoms with E-state index in [2.05, 4.69) is 5.10 Å². The first-order valence-electron chi connectivity index (χ1n) is 9.61. The lowest BCUT2D eigenvalue weighted by atomic mass is 9.78. The van der Waals surface area contributed by atoms with Gasteiger partial charge in [-0.25, -0.2) is 0 Å². The van der Waals surface area contributed by atoms with E-state index in [-0.39, 0.29) is 21.5 Å². The van der Waals surface area contributed by atoms with Gasteiger partial charge in [0, 0.05) is 18.2 Å². The molecule has 0 aliphatic rings. The highest BCUT2D eigenvalue weighted by molar-refractivity contribution is 7.89. The zero-order chi connectivity index (χ0) is 22.2. The summed E-state index contributed by atoms with van der Waals surface area (Å²) in [5.41, 5.74) is 2.79. The van der Waals surface area contributed by atoms with Crippen molar-refractivity contribution in [3.05, 3.63) is 58.7 Å². The van der Waals surface area contributed by atoms with Crippen LogP contribution in [0.4, 0.5) is 0 Å². The number of benzene rings is 2. The lowest BCUT2D eigenvalue weighted by molar-refractivity contribution is 0.423. The summed E-state index contributed by atoms with van der Waals surface area (Å²) in [6.45, 7) is 14.1. The second-order valence-corrected chi connectivity index (χ2v) is 11.4. The van der Waals surface area contributed by atoms with E-state index in [0.29, 0.717) is 0 Å². The molecule has 0 amide bonds. The van der Waals surface area contributed by atoms with Crippen LogP contribution in [-0.4, -0.2) is 31.2 Å². The van der Waals surface area contributed by atoms with Crippen molar-refractivity contribution in [3.8, 4) is 5.75 Å². The molecule has 0 radical (unpaired) electrons. The van der Waals surface area contributed by atoms with Crippen LogP contribution in [0.5, 0.6) is 5.75 Å². The number of aryl methyl sites for hydroxylation is 1. The van der Waals surface area contributed by atoms with Crippen LogP contribution >= 0.6 is 0 Å².